The number of amides is 1. The Labute approximate surface area is 175 Å². The molecule has 0 radical (unpaired) electrons. The van der Waals surface area contributed by atoms with E-state index in [4.69, 9.17) is 9.47 Å². The van der Waals surface area contributed by atoms with Gasteiger partial charge in [0.25, 0.3) is 0 Å². The summed E-state index contributed by atoms with van der Waals surface area (Å²) in [6.45, 7) is 3.05. The lowest BCUT2D eigenvalue weighted by atomic mass is 10.1. The Kier molecular flexibility index (Phi) is 14.6. The van der Waals surface area contributed by atoms with Crippen molar-refractivity contribution in [2.24, 2.45) is 5.92 Å². The summed E-state index contributed by atoms with van der Waals surface area (Å²) < 4.78 is 47.1. The smallest absolute Gasteiger partial charge is 0.466 e. The van der Waals surface area contributed by atoms with Gasteiger partial charge in [-0.15, -0.1) is 0 Å². The van der Waals surface area contributed by atoms with Crippen molar-refractivity contribution < 1.29 is 41.8 Å². The van der Waals surface area contributed by atoms with Crippen LogP contribution in [0.2, 0.25) is 0 Å². The van der Waals surface area contributed by atoms with Gasteiger partial charge in [-0.25, -0.2) is 0 Å². The summed E-state index contributed by atoms with van der Waals surface area (Å²) in [6.07, 6.45) is -0.459. The van der Waals surface area contributed by atoms with Crippen LogP contribution in [0.25, 0.3) is 0 Å². The second kappa shape index (κ2) is 15.7. The molecular formula is C20H32F3NO6. The summed E-state index contributed by atoms with van der Waals surface area (Å²) >= 11 is 0. The number of esters is 2. The zero-order valence-corrected chi connectivity index (χ0v) is 17.6. The van der Waals surface area contributed by atoms with E-state index in [0.717, 1.165) is 25.7 Å². The van der Waals surface area contributed by atoms with Gasteiger partial charge in [-0.2, -0.15) is 13.2 Å². The Morgan fingerprint density at radius 1 is 0.900 bits per heavy atom. The molecular weight excluding hydrogens is 407 g/mol. The minimum absolute atomic E-state index is 0.00484. The predicted octanol–water partition coefficient (Wildman–Crippen LogP) is 3.49. The highest BCUT2D eigenvalue weighted by atomic mass is 19.4. The number of hydrogen-bond donors (Lipinski definition) is 1. The predicted molar refractivity (Wildman–Crippen MR) is 102 cm³/mol. The van der Waals surface area contributed by atoms with Crippen molar-refractivity contribution in [3.05, 3.63) is 0 Å². The Hall–Kier alpha value is -2.13. The summed E-state index contributed by atoms with van der Waals surface area (Å²) in [7, 11) is 0. The average molecular weight is 439 g/mol. The van der Waals surface area contributed by atoms with Gasteiger partial charge in [0.15, 0.2) is 0 Å². The maximum absolute atomic E-state index is 12.4. The number of halogens is 3. The molecule has 0 rings (SSSR count). The third kappa shape index (κ3) is 14.8. The molecule has 0 aliphatic rings. The molecule has 10 heteroatoms. The first-order valence-corrected chi connectivity index (χ1v) is 10.3. The van der Waals surface area contributed by atoms with Crippen molar-refractivity contribution in [2.75, 3.05) is 19.8 Å². The largest absolute Gasteiger partial charge is 0.471 e. The molecule has 0 aromatic heterocycles. The van der Waals surface area contributed by atoms with E-state index < -0.39 is 36.5 Å². The monoisotopic (exact) mass is 439 g/mol. The number of alkyl halides is 3. The molecule has 0 aliphatic heterocycles. The SMILES string of the molecule is CCCCCCCOC(=O)CC(CNC(=O)C(F)(F)F)COC(=O)CCC(=O)CC. The summed E-state index contributed by atoms with van der Waals surface area (Å²) in [5.41, 5.74) is 0. The molecule has 0 fully saturated rings. The highest BCUT2D eigenvalue weighted by molar-refractivity contribution is 5.83. The normalized spacial score (nSPS) is 12.2. The first-order valence-electron chi connectivity index (χ1n) is 10.3. The molecule has 1 N–H and O–H groups in total. The second-order valence-electron chi connectivity index (χ2n) is 6.99. The van der Waals surface area contributed by atoms with E-state index in [0.29, 0.717) is 6.42 Å². The van der Waals surface area contributed by atoms with Crippen LogP contribution < -0.4 is 5.32 Å². The molecule has 1 amide bonds. The number of nitrogens with one attached hydrogen (secondary N) is 1. The fraction of sp³-hybridized carbons (Fsp3) is 0.800. The third-order valence-corrected chi connectivity index (χ3v) is 4.26. The first-order chi connectivity index (χ1) is 14.1. The average Bonchev–Trinajstić information content (AvgIpc) is 2.69. The van der Waals surface area contributed by atoms with E-state index in [1.807, 2.05) is 0 Å². The van der Waals surface area contributed by atoms with Gasteiger partial charge in [0.05, 0.1) is 26.1 Å². The quantitative estimate of drug-likeness (QED) is 0.292. The van der Waals surface area contributed by atoms with Crippen LogP contribution in [0.15, 0.2) is 0 Å². The van der Waals surface area contributed by atoms with Crippen molar-refractivity contribution in [3.63, 3.8) is 0 Å². The van der Waals surface area contributed by atoms with Crippen molar-refractivity contribution in [1.29, 1.82) is 0 Å². The third-order valence-electron chi connectivity index (χ3n) is 4.26. The fourth-order valence-electron chi connectivity index (χ4n) is 2.41. The molecule has 0 spiro atoms. The summed E-state index contributed by atoms with van der Waals surface area (Å²) in [5, 5.41) is 1.68. The van der Waals surface area contributed by atoms with E-state index in [2.05, 4.69) is 6.92 Å². The Morgan fingerprint density at radius 2 is 1.57 bits per heavy atom. The van der Waals surface area contributed by atoms with Crippen LogP contribution in [0.3, 0.4) is 0 Å². The van der Waals surface area contributed by atoms with Crippen LogP contribution in [0.1, 0.15) is 71.6 Å². The molecule has 0 aromatic rings. The summed E-state index contributed by atoms with van der Waals surface area (Å²) in [5.74, 6) is -4.49. The maximum atomic E-state index is 12.4. The number of ketones is 1. The molecule has 0 aromatic carbocycles. The van der Waals surface area contributed by atoms with Crippen LogP contribution in [-0.4, -0.2) is 49.6 Å². The number of carbonyl (C=O) groups is 4. The Morgan fingerprint density at radius 3 is 2.17 bits per heavy atom. The van der Waals surface area contributed by atoms with Crippen LogP contribution in [-0.2, 0) is 28.7 Å². The van der Waals surface area contributed by atoms with E-state index in [1.165, 1.54) is 0 Å². The van der Waals surface area contributed by atoms with E-state index in [-0.39, 0.29) is 44.7 Å². The Balaban J connectivity index is 4.52. The number of ether oxygens (including phenoxy) is 2. The lowest BCUT2D eigenvalue weighted by Gasteiger charge is -2.18. The lowest BCUT2D eigenvalue weighted by Crippen LogP contribution is -2.40. The van der Waals surface area contributed by atoms with Gasteiger partial charge in [0.2, 0.25) is 0 Å². The van der Waals surface area contributed by atoms with Gasteiger partial charge in [-0.05, 0) is 6.42 Å². The van der Waals surface area contributed by atoms with Crippen molar-refractivity contribution in [3.8, 4) is 0 Å². The molecule has 7 nitrogen and oxygen atoms in total. The van der Waals surface area contributed by atoms with Gasteiger partial charge in [-0.3, -0.25) is 19.2 Å². The van der Waals surface area contributed by atoms with Gasteiger partial charge in [0.1, 0.15) is 5.78 Å². The molecule has 174 valence electrons. The number of unbranched alkanes of at least 4 members (excludes halogenated alkanes) is 4. The van der Waals surface area contributed by atoms with E-state index >= 15 is 0 Å². The van der Waals surface area contributed by atoms with Gasteiger partial charge < -0.3 is 14.8 Å². The van der Waals surface area contributed by atoms with Crippen LogP contribution in [0.5, 0.6) is 0 Å². The highest BCUT2D eigenvalue weighted by Gasteiger charge is 2.38. The van der Waals surface area contributed by atoms with E-state index in [1.54, 1.807) is 12.2 Å². The minimum atomic E-state index is -5.05. The highest BCUT2D eigenvalue weighted by Crippen LogP contribution is 2.15. The van der Waals surface area contributed by atoms with Crippen LogP contribution in [0, 0.1) is 5.92 Å². The van der Waals surface area contributed by atoms with Crippen LogP contribution >= 0.6 is 0 Å². The number of rotatable bonds is 16. The Bertz CT molecular complexity index is 551. The fourth-order valence-corrected chi connectivity index (χ4v) is 2.41. The lowest BCUT2D eigenvalue weighted by molar-refractivity contribution is -0.174. The second-order valence-corrected chi connectivity index (χ2v) is 6.99. The summed E-state index contributed by atoms with van der Waals surface area (Å²) in [4.78, 5) is 45.9. The van der Waals surface area contributed by atoms with Crippen molar-refractivity contribution in [2.45, 2.75) is 77.8 Å². The molecule has 0 bridgehead atoms. The zero-order chi connectivity index (χ0) is 23.0. The van der Waals surface area contributed by atoms with E-state index in [9.17, 15) is 32.3 Å². The molecule has 0 saturated carbocycles. The molecule has 0 saturated heterocycles. The van der Waals surface area contributed by atoms with Gasteiger partial charge in [0, 0.05) is 25.3 Å². The van der Waals surface area contributed by atoms with Gasteiger partial charge >= 0.3 is 24.0 Å². The van der Waals surface area contributed by atoms with Crippen molar-refractivity contribution in [1.82, 2.24) is 5.32 Å². The first kappa shape index (κ1) is 27.9. The molecule has 30 heavy (non-hydrogen) atoms. The topological polar surface area (TPSA) is 98.8 Å². The minimum Gasteiger partial charge on any atom is -0.466 e. The molecule has 0 aliphatic carbocycles. The number of Topliss-reactive ketones (excluding diaryl/α,β-unsaturated/α-hetero) is 1. The number of carbonyl (C=O) groups excluding carboxylic acids is 4. The molecule has 0 heterocycles. The zero-order valence-electron chi connectivity index (χ0n) is 17.6. The standard InChI is InChI=1S/C20H32F3NO6/c1-3-5-6-7-8-11-29-18(27)12-15(13-24-19(28)20(21,22)23)14-30-17(26)10-9-16(25)4-2/h15H,3-14H2,1-2H3,(H,24,28). The number of hydrogen-bond acceptors (Lipinski definition) is 6. The van der Waals surface area contributed by atoms with Crippen LogP contribution in [0.4, 0.5) is 13.2 Å². The van der Waals surface area contributed by atoms with Gasteiger partial charge in [-0.1, -0.05) is 39.5 Å². The molecule has 1 unspecified atom stereocenters. The molecule has 1 atom stereocenters. The van der Waals surface area contributed by atoms with Crippen molar-refractivity contribution >= 4 is 23.6 Å². The maximum Gasteiger partial charge on any atom is 0.471 e. The summed E-state index contributed by atoms with van der Waals surface area (Å²) in [6, 6.07) is 0.